The van der Waals surface area contributed by atoms with Gasteiger partial charge in [0.05, 0.1) is 24.8 Å². The summed E-state index contributed by atoms with van der Waals surface area (Å²) in [4.78, 5) is 22.8. The van der Waals surface area contributed by atoms with Crippen LogP contribution in [0.3, 0.4) is 0 Å². The number of rotatable bonds is 3. The van der Waals surface area contributed by atoms with Crippen molar-refractivity contribution in [2.24, 2.45) is 0 Å². The van der Waals surface area contributed by atoms with Crippen molar-refractivity contribution in [1.29, 1.82) is 0 Å². The molecule has 1 aromatic rings. The molecule has 1 rings (SSSR count). The van der Waals surface area contributed by atoms with Gasteiger partial charge < -0.3 is 9.47 Å². The van der Waals surface area contributed by atoms with Crippen LogP contribution in [0.5, 0.6) is 0 Å². The fraction of sp³-hybridized carbons (Fsp3) is 0.273. The van der Waals surface area contributed by atoms with E-state index >= 15 is 0 Å². The van der Waals surface area contributed by atoms with Gasteiger partial charge in [-0.3, -0.25) is 0 Å². The summed E-state index contributed by atoms with van der Waals surface area (Å²) in [7, 11) is 1.27. The number of hydrogen-bond donors (Lipinski definition) is 0. The van der Waals surface area contributed by atoms with Gasteiger partial charge in [-0.2, -0.15) is 0 Å². The molecule has 0 saturated carbocycles. The number of carbonyl (C=O) groups excluding carboxylic acids is 2. The van der Waals surface area contributed by atoms with Crippen LogP contribution < -0.4 is 0 Å². The molecule has 0 unspecified atom stereocenters. The molecule has 80 valence electrons. The Kier molecular flexibility index (Phi) is 3.85. The second-order valence-electron chi connectivity index (χ2n) is 2.76. The van der Waals surface area contributed by atoms with Gasteiger partial charge in [-0.1, -0.05) is 12.1 Å². The summed E-state index contributed by atoms with van der Waals surface area (Å²) in [5.41, 5.74) is 0.449. The predicted molar refractivity (Wildman–Crippen MR) is 53.7 cm³/mol. The molecule has 0 aromatic heterocycles. The standard InChI is InChI=1S/C11H12O4/c1-3-15-11(13)9-7-5-4-6-8(9)10(12)14-2/h4-7H,3H2,1-2H3. The average molecular weight is 208 g/mol. The van der Waals surface area contributed by atoms with E-state index in [1.807, 2.05) is 0 Å². The van der Waals surface area contributed by atoms with E-state index in [0.29, 0.717) is 0 Å². The average Bonchev–Trinajstić information content (AvgIpc) is 2.28. The highest BCUT2D eigenvalue weighted by atomic mass is 16.5. The lowest BCUT2D eigenvalue weighted by molar-refractivity contribution is 0.0504. The van der Waals surface area contributed by atoms with E-state index in [-0.39, 0.29) is 17.7 Å². The molecule has 0 amide bonds. The minimum absolute atomic E-state index is 0.221. The van der Waals surface area contributed by atoms with Gasteiger partial charge in [-0.25, -0.2) is 9.59 Å². The third kappa shape index (κ3) is 2.56. The Morgan fingerprint density at radius 1 is 1.13 bits per heavy atom. The normalized spacial score (nSPS) is 9.47. The van der Waals surface area contributed by atoms with Gasteiger partial charge in [0, 0.05) is 0 Å². The van der Waals surface area contributed by atoms with Crippen LogP contribution in [-0.4, -0.2) is 25.7 Å². The fourth-order valence-corrected chi connectivity index (χ4v) is 1.16. The number of esters is 2. The van der Waals surface area contributed by atoms with Crippen LogP contribution in [0.4, 0.5) is 0 Å². The molecule has 0 aliphatic rings. The lowest BCUT2D eigenvalue weighted by Gasteiger charge is -2.06. The summed E-state index contributed by atoms with van der Waals surface area (Å²) < 4.78 is 9.38. The summed E-state index contributed by atoms with van der Waals surface area (Å²) in [5, 5.41) is 0. The van der Waals surface area contributed by atoms with Gasteiger partial charge >= 0.3 is 11.9 Å². The van der Waals surface area contributed by atoms with E-state index in [4.69, 9.17) is 4.74 Å². The molecule has 1 aromatic carbocycles. The second kappa shape index (κ2) is 5.14. The van der Waals surface area contributed by atoms with Crippen LogP contribution in [0, 0.1) is 0 Å². The minimum atomic E-state index is -0.543. The lowest BCUT2D eigenvalue weighted by atomic mass is 10.1. The quantitative estimate of drug-likeness (QED) is 0.709. The molecule has 0 radical (unpaired) electrons. The molecular weight excluding hydrogens is 196 g/mol. The summed E-state index contributed by atoms with van der Waals surface area (Å²) in [6, 6.07) is 6.38. The summed E-state index contributed by atoms with van der Waals surface area (Å²) >= 11 is 0. The van der Waals surface area contributed by atoms with Crippen molar-refractivity contribution in [2.75, 3.05) is 13.7 Å². The molecule has 0 aliphatic carbocycles. The van der Waals surface area contributed by atoms with Crippen molar-refractivity contribution in [2.45, 2.75) is 6.92 Å². The fourth-order valence-electron chi connectivity index (χ4n) is 1.16. The third-order valence-electron chi connectivity index (χ3n) is 1.83. The smallest absolute Gasteiger partial charge is 0.338 e. The van der Waals surface area contributed by atoms with Crippen molar-refractivity contribution >= 4 is 11.9 Å². The first kappa shape index (κ1) is 11.2. The van der Waals surface area contributed by atoms with Gasteiger partial charge in [0.15, 0.2) is 0 Å². The molecular formula is C11H12O4. The number of ether oxygens (including phenoxy) is 2. The van der Waals surface area contributed by atoms with E-state index < -0.39 is 11.9 Å². The Morgan fingerprint density at radius 3 is 2.13 bits per heavy atom. The van der Waals surface area contributed by atoms with Crippen LogP contribution in [-0.2, 0) is 9.47 Å². The van der Waals surface area contributed by atoms with E-state index in [1.54, 1.807) is 19.1 Å². The van der Waals surface area contributed by atoms with Crippen molar-refractivity contribution in [3.05, 3.63) is 35.4 Å². The van der Waals surface area contributed by atoms with E-state index in [1.165, 1.54) is 19.2 Å². The first-order chi connectivity index (χ1) is 7.20. The van der Waals surface area contributed by atoms with Crippen LogP contribution in [0.2, 0.25) is 0 Å². The van der Waals surface area contributed by atoms with Crippen LogP contribution in [0.1, 0.15) is 27.6 Å². The maximum Gasteiger partial charge on any atom is 0.338 e. The van der Waals surface area contributed by atoms with Crippen molar-refractivity contribution < 1.29 is 19.1 Å². The number of hydrogen-bond acceptors (Lipinski definition) is 4. The Labute approximate surface area is 87.8 Å². The van der Waals surface area contributed by atoms with Gasteiger partial charge in [0.1, 0.15) is 0 Å². The zero-order chi connectivity index (χ0) is 11.3. The van der Waals surface area contributed by atoms with Gasteiger partial charge in [-0.15, -0.1) is 0 Å². The zero-order valence-corrected chi connectivity index (χ0v) is 8.65. The van der Waals surface area contributed by atoms with Crippen LogP contribution in [0.15, 0.2) is 24.3 Å². The molecule has 0 heterocycles. The van der Waals surface area contributed by atoms with Gasteiger partial charge in [-0.05, 0) is 19.1 Å². The molecule has 0 N–H and O–H groups in total. The Hall–Kier alpha value is -1.84. The van der Waals surface area contributed by atoms with Crippen molar-refractivity contribution in [3.63, 3.8) is 0 Å². The largest absolute Gasteiger partial charge is 0.465 e. The van der Waals surface area contributed by atoms with Crippen LogP contribution >= 0.6 is 0 Å². The molecule has 0 atom stereocenters. The maximum atomic E-state index is 11.5. The molecule has 15 heavy (non-hydrogen) atoms. The minimum Gasteiger partial charge on any atom is -0.465 e. The molecule has 4 heteroatoms. The lowest BCUT2D eigenvalue weighted by Crippen LogP contribution is -2.12. The first-order valence-electron chi connectivity index (χ1n) is 4.55. The number of benzene rings is 1. The molecule has 0 fully saturated rings. The Bertz CT molecular complexity index is 371. The topological polar surface area (TPSA) is 52.6 Å². The van der Waals surface area contributed by atoms with Gasteiger partial charge in [0.25, 0.3) is 0 Å². The SMILES string of the molecule is CCOC(=O)c1ccccc1C(=O)OC. The second-order valence-corrected chi connectivity index (χ2v) is 2.76. The molecule has 0 bridgehead atoms. The Morgan fingerprint density at radius 2 is 1.67 bits per heavy atom. The molecule has 4 nitrogen and oxygen atoms in total. The predicted octanol–water partition coefficient (Wildman–Crippen LogP) is 1.65. The monoisotopic (exact) mass is 208 g/mol. The van der Waals surface area contributed by atoms with Crippen LogP contribution in [0.25, 0.3) is 0 Å². The zero-order valence-electron chi connectivity index (χ0n) is 8.65. The molecule has 0 spiro atoms. The van der Waals surface area contributed by atoms with Crippen molar-refractivity contribution in [3.8, 4) is 0 Å². The number of methoxy groups -OCH3 is 1. The molecule has 0 aliphatic heterocycles. The number of carbonyl (C=O) groups is 2. The third-order valence-corrected chi connectivity index (χ3v) is 1.83. The van der Waals surface area contributed by atoms with E-state index in [2.05, 4.69) is 4.74 Å². The van der Waals surface area contributed by atoms with Gasteiger partial charge in [0.2, 0.25) is 0 Å². The van der Waals surface area contributed by atoms with E-state index in [9.17, 15) is 9.59 Å². The molecule has 0 saturated heterocycles. The van der Waals surface area contributed by atoms with Crippen molar-refractivity contribution in [1.82, 2.24) is 0 Å². The maximum absolute atomic E-state index is 11.5. The Balaban J connectivity index is 3.06. The summed E-state index contributed by atoms with van der Waals surface area (Å²) in [6.07, 6.45) is 0. The highest BCUT2D eigenvalue weighted by Gasteiger charge is 2.17. The highest BCUT2D eigenvalue weighted by molar-refractivity contribution is 6.03. The highest BCUT2D eigenvalue weighted by Crippen LogP contribution is 2.11. The summed E-state index contributed by atoms with van der Waals surface area (Å²) in [5.74, 6) is -1.06. The van der Waals surface area contributed by atoms with E-state index in [0.717, 1.165) is 0 Å². The summed E-state index contributed by atoms with van der Waals surface area (Å²) in [6.45, 7) is 1.98. The first-order valence-corrected chi connectivity index (χ1v) is 4.55.